The minimum atomic E-state index is -0.559. The van der Waals surface area contributed by atoms with Crippen molar-refractivity contribution in [1.82, 2.24) is 10.2 Å². The number of nitrogens with one attached hydrogen (secondary N) is 1. The Bertz CT molecular complexity index is 460. The number of benzene rings is 1. The van der Waals surface area contributed by atoms with Crippen LogP contribution in [0.3, 0.4) is 0 Å². The van der Waals surface area contributed by atoms with E-state index in [9.17, 15) is 9.59 Å². The summed E-state index contributed by atoms with van der Waals surface area (Å²) in [6, 6.07) is 9.20. The standard InChI is InChI=1S/C12H12N2O3/c15-11-13-9-6-10(9)14(11)12(16)17-7-8-4-2-1-3-5-8/h1-5,9-10H,6-7H2,(H,13,15)/t9-,10+/m0/s1. The van der Waals surface area contributed by atoms with E-state index in [0.29, 0.717) is 0 Å². The van der Waals surface area contributed by atoms with Crippen LogP contribution in [0.4, 0.5) is 9.59 Å². The van der Waals surface area contributed by atoms with E-state index >= 15 is 0 Å². The molecule has 2 aliphatic rings. The topological polar surface area (TPSA) is 58.6 Å². The summed E-state index contributed by atoms with van der Waals surface area (Å²) in [5.74, 6) is 0. The van der Waals surface area contributed by atoms with Crippen molar-refractivity contribution in [3.63, 3.8) is 0 Å². The Morgan fingerprint density at radius 1 is 1.41 bits per heavy atom. The fourth-order valence-corrected chi connectivity index (χ4v) is 2.01. The highest BCUT2D eigenvalue weighted by molar-refractivity contribution is 5.94. The molecule has 17 heavy (non-hydrogen) atoms. The molecule has 1 saturated carbocycles. The van der Waals surface area contributed by atoms with E-state index in [0.717, 1.165) is 12.0 Å². The van der Waals surface area contributed by atoms with Crippen LogP contribution in [0.2, 0.25) is 0 Å². The zero-order valence-electron chi connectivity index (χ0n) is 9.13. The maximum absolute atomic E-state index is 11.7. The van der Waals surface area contributed by atoms with E-state index in [1.807, 2.05) is 30.3 Å². The summed E-state index contributed by atoms with van der Waals surface area (Å²) < 4.78 is 5.11. The molecule has 3 rings (SSSR count). The number of nitrogens with zero attached hydrogens (tertiary/aromatic N) is 1. The van der Waals surface area contributed by atoms with Gasteiger partial charge in [-0.05, 0) is 12.0 Å². The Morgan fingerprint density at radius 3 is 2.82 bits per heavy atom. The molecule has 2 fully saturated rings. The van der Waals surface area contributed by atoms with Gasteiger partial charge in [0.25, 0.3) is 0 Å². The Balaban J connectivity index is 1.59. The summed E-state index contributed by atoms with van der Waals surface area (Å²) >= 11 is 0. The van der Waals surface area contributed by atoms with Crippen molar-refractivity contribution in [1.29, 1.82) is 0 Å². The average Bonchev–Trinajstić information content (AvgIpc) is 3.00. The first kappa shape index (κ1) is 10.1. The highest BCUT2D eigenvalue weighted by Crippen LogP contribution is 2.34. The Morgan fingerprint density at radius 2 is 2.18 bits per heavy atom. The SMILES string of the molecule is O=C1N[C@H]2C[C@H]2N1C(=O)OCc1ccccc1. The largest absolute Gasteiger partial charge is 0.444 e. The second-order valence-corrected chi connectivity index (χ2v) is 4.27. The van der Waals surface area contributed by atoms with E-state index in [4.69, 9.17) is 4.74 Å². The molecule has 1 saturated heterocycles. The number of amides is 3. The molecule has 3 amide bonds. The van der Waals surface area contributed by atoms with Crippen molar-refractivity contribution in [3.05, 3.63) is 35.9 Å². The van der Waals surface area contributed by atoms with Crippen LogP contribution in [-0.4, -0.2) is 29.1 Å². The van der Waals surface area contributed by atoms with Crippen LogP contribution in [-0.2, 0) is 11.3 Å². The third-order valence-electron chi connectivity index (χ3n) is 3.02. The van der Waals surface area contributed by atoms with Crippen LogP contribution in [0.5, 0.6) is 0 Å². The molecule has 5 heteroatoms. The predicted molar refractivity (Wildman–Crippen MR) is 59.2 cm³/mol. The molecule has 0 bridgehead atoms. The summed E-state index contributed by atoms with van der Waals surface area (Å²) in [4.78, 5) is 24.3. The molecular formula is C12H12N2O3. The first-order valence-electron chi connectivity index (χ1n) is 5.56. The zero-order valence-corrected chi connectivity index (χ0v) is 9.13. The molecule has 0 spiro atoms. The maximum Gasteiger partial charge on any atom is 0.418 e. The average molecular weight is 232 g/mol. The van der Waals surface area contributed by atoms with Crippen LogP contribution in [0, 0.1) is 0 Å². The van der Waals surface area contributed by atoms with E-state index in [-0.39, 0.29) is 24.7 Å². The molecule has 0 radical (unpaired) electrons. The molecule has 1 aromatic carbocycles. The molecule has 0 unspecified atom stereocenters. The van der Waals surface area contributed by atoms with E-state index in [1.165, 1.54) is 4.90 Å². The smallest absolute Gasteiger partial charge is 0.418 e. The number of hydrogen-bond donors (Lipinski definition) is 1. The third kappa shape index (κ3) is 1.84. The number of rotatable bonds is 2. The van der Waals surface area contributed by atoms with Gasteiger partial charge in [0.15, 0.2) is 0 Å². The van der Waals surface area contributed by atoms with Crippen LogP contribution < -0.4 is 5.32 Å². The molecule has 1 N–H and O–H groups in total. The fourth-order valence-electron chi connectivity index (χ4n) is 2.01. The molecule has 2 atom stereocenters. The summed E-state index contributed by atoms with van der Waals surface area (Å²) in [5, 5.41) is 2.71. The Kier molecular flexibility index (Phi) is 2.24. The first-order chi connectivity index (χ1) is 8.25. The number of fused-ring (bicyclic) bond motifs is 1. The lowest BCUT2D eigenvalue weighted by atomic mass is 10.2. The van der Waals surface area contributed by atoms with Crippen molar-refractivity contribution in [2.24, 2.45) is 0 Å². The van der Waals surface area contributed by atoms with Crippen LogP contribution >= 0.6 is 0 Å². The van der Waals surface area contributed by atoms with Gasteiger partial charge in [0.2, 0.25) is 0 Å². The molecule has 5 nitrogen and oxygen atoms in total. The van der Waals surface area contributed by atoms with E-state index < -0.39 is 6.09 Å². The van der Waals surface area contributed by atoms with Gasteiger partial charge in [0.1, 0.15) is 6.61 Å². The van der Waals surface area contributed by atoms with E-state index in [2.05, 4.69) is 5.32 Å². The number of carbonyl (C=O) groups excluding carboxylic acids is 2. The van der Waals surface area contributed by atoms with Gasteiger partial charge < -0.3 is 10.1 Å². The third-order valence-corrected chi connectivity index (χ3v) is 3.02. The molecule has 1 aliphatic carbocycles. The second kappa shape index (κ2) is 3.76. The van der Waals surface area contributed by atoms with E-state index in [1.54, 1.807) is 0 Å². The lowest BCUT2D eigenvalue weighted by Gasteiger charge is -2.15. The monoisotopic (exact) mass is 232 g/mol. The van der Waals surface area contributed by atoms with Gasteiger partial charge in [-0.2, -0.15) is 0 Å². The number of urea groups is 1. The van der Waals surface area contributed by atoms with Crippen LogP contribution in [0.15, 0.2) is 30.3 Å². The van der Waals surface area contributed by atoms with Crippen molar-refractivity contribution in [3.8, 4) is 0 Å². The lowest BCUT2D eigenvalue weighted by molar-refractivity contribution is 0.106. The summed E-state index contributed by atoms with van der Waals surface area (Å²) in [6.45, 7) is 0.195. The summed E-state index contributed by atoms with van der Waals surface area (Å²) in [7, 11) is 0. The van der Waals surface area contributed by atoms with Crippen LogP contribution in [0.25, 0.3) is 0 Å². The Hall–Kier alpha value is -2.04. The predicted octanol–water partition coefficient (Wildman–Crippen LogP) is 1.49. The summed E-state index contributed by atoms with van der Waals surface area (Å²) in [5.41, 5.74) is 0.910. The van der Waals surface area contributed by atoms with Gasteiger partial charge in [-0.15, -0.1) is 0 Å². The number of carbonyl (C=O) groups is 2. The van der Waals surface area contributed by atoms with Crippen molar-refractivity contribution in [2.45, 2.75) is 25.1 Å². The molecule has 1 aromatic rings. The quantitative estimate of drug-likeness (QED) is 0.840. The maximum atomic E-state index is 11.7. The minimum Gasteiger partial charge on any atom is -0.444 e. The van der Waals surface area contributed by atoms with Crippen molar-refractivity contribution in [2.75, 3.05) is 0 Å². The molecule has 0 aromatic heterocycles. The highest BCUT2D eigenvalue weighted by Gasteiger charge is 2.54. The normalized spacial score (nSPS) is 25.2. The van der Waals surface area contributed by atoms with Gasteiger partial charge in [-0.1, -0.05) is 30.3 Å². The number of ether oxygens (including phenoxy) is 1. The molecule has 1 heterocycles. The zero-order chi connectivity index (χ0) is 11.8. The van der Waals surface area contributed by atoms with Gasteiger partial charge in [0, 0.05) is 0 Å². The Labute approximate surface area is 98.4 Å². The molecule has 1 aliphatic heterocycles. The number of imide groups is 1. The van der Waals surface area contributed by atoms with Gasteiger partial charge in [0.05, 0.1) is 12.1 Å². The van der Waals surface area contributed by atoms with Gasteiger partial charge in [-0.25, -0.2) is 14.5 Å². The molecular weight excluding hydrogens is 220 g/mol. The van der Waals surface area contributed by atoms with Gasteiger partial charge >= 0.3 is 12.1 Å². The summed E-state index contributed by atoms with van der Waals surface area (Å²) in [6.07, 6.45) is 0.281. The minimum absolute atomic E-state index is 0.00535. The fraction of sp³-hybridized carbons (Fsp3) is 0.333. The molecule has 88 valence electrons. The number of hydrogen-bond acceptors (Lipinski definition) is 3. The van der Waals surface area contributed by atoms with Crippen molar-refractivity contribution >= 4 is 12.1 Å². The second-order valence-electron chi connectivity index (χ2n) is 4.27. The van der Waals surface area contributed by atoms with Gasteiger partial charge in [-0.3, -0.25) is 0 Å². The first-order valence-corrected chi connectivity index (χ1v) is 5.56. The van der Waals surface area contributed by atoms with Crippen LogP contribution in [0.1, 0.15) is 12.0 Å². The van der Waals surface area contributed by atoms with Crippen molar-refractivity contribution < 1.29 is 14.3 Å². The lowest BCUT2D eigenvalue weighted by Crippen LogP contribution is -2.38. The highest BCUT2D eigenvalue weighted by atomic mass is 16.6.